The first-order chi connectivity index (χ1) is 8.36. The van der Waals surface area contributed by atoms with Gasteiger partial charge in [-0.3, -0.25) is 4.99 Å². The van der Waals surface area contributed by atoms with E-state index in [4.69, 9.17) is 0 Å². The predicted molar refractivity (Wildman–Crippen MR) is 85.4 cm³/mol. The van der Waals surface area contributed by atoms with Crippen LogP contribution >= 0.6 is 15.9 Å². The van der Waals surface area contributed by atoms with E-state index in [9.17, 15) is 0 Å². The molecule has 0 unspecified atom stereocenters. The highest BCUT2D eigenvalue weighted by Crippen LogP contribution is 2.29. The number of rotatable bonds is 3. The van der Waals surface area contributed by atoms with Gasteiger partial charge in [0.1, 0.15) is 0 Å². The Kier molecular flexibility index (Phi) is 5.09. The SMILES string of the molecule is C=C(N=C/C(Br)=C\C)c1ccccc1C(C)(C)C. The molecule has 2 heteroatoms. The van der Waals surface area contributed by atoms with Gasteiger partial charge in [0.05, 0.1) is 5.70 Å². The van der Waals surface area contributed by atoms with Crippen LogP contribution in [0.4, 0.5) is 0 Å². The fourth-order valence-corrected chi connectivity index (χ4v) is 1.77. The lowest BCUT2D eigenvalue weighted by molar-refractivity contribution is 0.588. The lowest BCUT2D eigenvalue weighted by Crippen LogP contribution is -2.13. The van der Waals surface area contributed by atoms with Gasteiger partial charge >= 0.3 is 0 Å². The van der Waals surface area contributed by atoms with Crippen molar-refractivity contribution in [2.24, 2.45) is 4.99 Å². The molecule has 0 bridgehead atoms. The average Bonchev–Trinajstić information content (AvgIpc) is 2.34. The maximum Gasteiger partial charge on any atom is 0.0633 e. The number of aliphatic imine (C=N–C) groups is 1. The largest absolute Gasteiger partial charge is 0.256 e. The van der Waals surface area contributed by atoms with Crippen molar-refractivity contribution in [3.8, 4) is 0 Å². The first-order valence-corrected chi connectivity index (χ1v) is 6.80. The van der Waals surface area contributed by atoms with Crippen LogP contribution in [0, 0.1) is 0 Å². The van der Waals surface area contributed by atoms with Gasteiger partial charge < -0.3 is 0 Å². The first kappa shape index (κ1) is 14.9. The zero-order valence-electron chi connectivity index (χ0n) is 11.5. The van der Waals surface area contributed by atoms with Crippen molar-refractivity contribution in [2.45, 2.75) is 33.1 Å². The zero-order valence-corrected chi connectivity index (χ0v) is 13.1. The molecule has 0 radical (unpaired) electrons. The number of benzene rings is 1. The van der Waals surface area contributed by atoms with Crippen LogP contribution < -0.4 is 0 Å². The van der Waals surface area contributed by atoms with Crippen LogP contribution in [0.25, 0.3) is 5.70 Å². The normalized spacial score (nSPS) is 13.1. The van der Waals surface area contributed by atoms with E-state index in [1.54, 1.807) is 6.21 Å². The molecular formula is C16H20BrN. The maximum absolute atomic E-state index is 4.40. The van der Waals surface area contributed by atoms with Gasteiger partial charge in [0, 0.05) is 16.3 Å². The van der Waals surface area contributed by atoms with Crippen molar-refractivity contribution in [1.29, 1.82) is 0 Å². The molecule has 96 valence electrons. The summed E-state index contributed by atoms with van der Waals surface area (Å²) in [6.07, 6.45) is 3.73. The molecule has 1 rings (SSSR count). The van der Waals surface area contributed by atoms with E-state index in [-0.39, 0.29) is 5.41 Å². The summed E-state index contributed by atoms with van der Waals surface area (Å²) >= 11 is 3.41. The summed E-state index contributed by atoms with van der Waals surface area (Å²) in [5, 5.41) is 0. The summed E-state index contributed by atoms with van der Waals surface area (Å²) in [6, 6.07) is 8.30. The Labute approximate surface area is 118 Å². The molecule has 0 aliphatic rings. The van der Waals surface area contributed by atoms with Gasteiger partial charge in [-0.05, 0) is 33.8 Å². The summed E-state index contributed by atoms with van der Waals surface area (Å²) < 4.78 is 0.955. The van der Waals surface area contributed by atoms with Gasteiger partial charge in [-0.2, -0.15) is 0 Å². The number of hydrogen-bond acceptors (Lipinski definition) is 1. The third kappa shape index (κ3) is 3.95. The highest BCUT2D eigenvalue weighted by atomic mass is 79.9. The summed E-state index contributed by atoms with van der Waals surface area (Å²) in [5.41, 5.74) is 3.26. The molecule has 0 N–H and O–H groups in total. The molecular weight excluding hydrogens is 286 g/mol. The molecule has 0 spiro atoms. The van der Waals surface area contributed by atoms with Crippen molar-refractivity contribution in [3.63, 3.8) is 0 Å². The van der Waals surface area contributed by atoms with Crippen molar-refractivity contribution < 1.29 is 0 Å². The third-order valence-electron chi connectivity index (χ3n) is 2.67. The first-order valence-electron chi connectivity index (χ1n) is 6.01. The van der Waals surface area contributed by atoms with E-state index in [0.717, 1.165) is 15.7 Å². The molecule has 18 heavy (non-hydrogen) atoms. The Balaban J connectivity index is 3.11. The summed E-state index contributed by atoms with van der Waals surface area (Å²) in [6.45, 7) is 12.6. The van der Waals surface area contributed by atoms with E-state index in [0.29, 0.717) is 0 Å². The Hall–Kier alpha value is -1.15. The summed E-state index contributed by atoms with van der Waals surface area (Å²) in [7, 11) is 0. The lowest BCUT2D eigenvalue weighted by Gasteiger charge is -2.22. The highest BCUT2D eigenvalue weighted by molar-refractivity contribution is 9.12. The van der Waals surface area contributed by atoms with Crippen LogP contribution in [-0.2, 0) is 5.41 Å². The van der Waals surface area contributed by atoms with Gasteiger partial charge in [0.25, 0.3) is 0 Å². The van der Waals surface area contributed by atoms with Crippen molar-refractivity contribution >= 4 is 27.8 Å². The minimum Gasteiger partial charge on any atom is -0.256 e. The highest BCUT2D eigenvalue weighted by Gasteiger charge is 2.18. The number of nitrogens with zero attached hydrogens (tertiary/aromatic N) is 1. The maximum atomic E-state index is 4.40. The molecule has 0 saturated heterocycles. The van der Waals surface area contributed by atoms with E-state index in [2.05, 4.69) is 66.5 Å². The van der Waals surface area contributed by atoms with Crippen molar-refractivity contribution in [1.82, 2.24) is 0 Å². The molecule has 0 aliphatic heterocycles. The molecule has 0 saturated carbocycles. The molecule has 0 aromatic heterocycles. The zero-order chi connectivity index (χ0) is 13.8. The van der Waals surface area contributed by atoms with Crippen molar-refractivity contribution in [2.75, 3.05) is 0 Å². The van der Waals surface area contributed by atoms with Gasteiger partial charge in [0.2, 0.25) is 0 Å². The Bertz CT molecular complexity index is 490. The van der Waals surface area contributed by atoms with Gasteiger partial charge in [0.15, 0.2) is 0 Å². The molecule has 1 aromatic carbocycles. The second-order valence-electron chi connectivity index (χ2n) is 5.17. The summed E-state index contributed by atoms with van der Waals surface area (Å²) in [5.74, 6) is 0. The number of hydrogen-bond donors (Lipinski definition) is 0. The fourth-order valence-electron chi connectivity index (χ4n) is 1.67. The molecule has 0 heterocycles. The Morgan fingerprint density at radius 2 is 1.89 bits per heavy atom. The van der Waals surface area contributed by atoms with Crippen LogP contribution in [0.5, 0.6) is 0 Å². The monoisotopic (exact) mass is 305 g/mol. The molecule has 0 amide bonds. The van der Waals surface area contributed by atoms with E-state index in [1.165, 1.54) is 5.56 Å². The number of halogens is 1. The van der Waals surface area contributed by atoms with Crippen LogP contribution in [0.15, 0.2) is 46.4 Å². The van der Waals surface area contributed by atoms with E-state index < -0.39 is 0 Å². The topological polar surface area (TPSA) is 12.4 Å². The molecule has 1 aromatic rings. The van der Waals surface area contributed by atoms with Crippen LogP contribution in [-0.4, -0.2) is 6.21 Å². The van der Waals surface area contributed by atoms with Crippen LogP contribution in [0.1, 0.15) is 38.8 Å². The Morgan fingerprint density at radius 1 is 1.28 bits per heavy atom. The molecule has 0 fully saturated rings. The van der Waals surface area contributed by atoms with Crippen LogP contribution in [0.2, 0.25) is 0 Å². The minimum atomic E-state index is 0.0902. The molecule has 0 aliphatic carbocycles. The average molecular weight is 306 g/mol. The summed E-state index contributed by atoms with van der Waals surface area (Å²) in [4.78, 5) is 4.40. The van der Waals surface area contributed by atoms with Gasteiger partial charge in [-0.1, -0.05) is 57.7 Å². The number of allylic oxidation sites excluding steroid dienone is 2. The van der Waals surface area contributed by atoms with Crippen LogP contribution in [0.3, 0.4) is 0 Å². The fraction of sp³-hybridized carbons (Fsp3) is 0.312. The quantitative estimate of drug-likeness (QED) is 0.670. The second-order valence-corrected chi connectivity index (χ2v) is 6.09. The smallest absolute Gasteiger partial charge is 0.0633 e. The van der Waals surface area contributed by atoms with Gasteiger partial charge in [-0.15, -0.1) is 0 Å². The molecule has 0 atom stereocenters. The van der Waals surface area contributed by atoms with E-state index in [1.807, 2.05) is 19.1 Å². The van der Waals surface area contributed by atoms with E-state index >= 15 is 0 Å². The lowest BCUT2D eigenvalue weighted by atomic mass is 9.83. The third-order valence-corrected chi connectivity index (χ3v) is 3.33. The standard InChI is InChI=1S/C16H20BrN/c1-6-13(17)11-18-12(2)14-9-7-8-10-15(14)16(3,4)5/h6-11H,2H2,1,3-5H3/b13-6+,18-11?. The van der Waals surface area contributed by atoms with Crippen molar-refractivity contribution in [3.05, 3.63) is 52.5 Å². The van der Waals surface area contributed by atoms with Gasteiger partial charge in [-0.25, -0.2) is 0 Å². The predicted octanol–water partition coefficient (Wildman–Crippen LogP) is 5.32. The molecule has 1 nitrogen and oxygen atoms in total. The second kappa shape index (κ2) is 6.14. The minimum absolute atomic E-state index is 0.0902. The Morgan fingerprint density at radius 3 is 2.44 bits per heavy atom.